The normalized spacial score (nSPS) is 18.7. The van der Waals surface area contributed by atoms with Crippen LogP contribution in [0.25, 0.3) is 0 Å². The van der Waals surface area contributed by atoms with E-state index in [-0.39, 0.29) is 17.9 Å². The highest BCUT2D eigenvalue weighted by atomic mass is 16.2. The summed E-state index contributed by atoms with van der Waals surface area (Å²) in [6, 6.07) is 5.88. The molecule has 2 fully saturated rings. The summed E-state index contributed by atoms with van der Waals surface area (Å²) in [4.78, 5) is 41.0. The Bertz CT molecular complexity index is 1010. The van der Waals surface area contributed by atoms with Crippen LogP contribution in [0.1, 0.15) is 75.9 Å². The molecule has 1 aromatic heterocycles. The van der Waals surface area contributed by atoms with E-state index in [0.29, 0.717) is 23.6 Å². The summed E-state index contributed by atoms with van der Waals surface area (Å²) in [5, 5.41) is 0. The fourth-order valence-electron chi connectivity index (χ4n) is 4.75. The molecule has 0 saturated carbocycles. The topological polar surface area (TPSA) is 69.6 Å². The van der Waals surface area contributed by atoms with Gasteiger partial charge in [0.15, 0.2) is 5.82 Å². The highest BCUT2D eigenvalue weighted by molar-refractivity contribution is 5.96. The second-order valence-electron chi connectivity index (χ2n) is 9.13. The summed E-state index contributed by atoms with van der Waals surface area (Å²) < 4.78 is 0. The van der Waals surface area contributed by atoms with E-state index in [0.717, 1.165) is 37.9 Å². The summed E-state index contributed by atoms with van der Waals surface area (Å²) in [5.74, 6) is 0.544. The molecule has 0 radical (unpaired) electrons. The first-order valence-corrected chi connectivity index (χ1v) is 11.6. The second kappa shape index (κ2) is 9.27. The average molecular weight is 436 g/mol. The molecule has 7 nitrogen and oxygen atoms in total. The molecule has 0 aliphatic carbocycles. The number of carbonyl (C=O) groups is 2. The standard InChI is InChI=1S/C25H33N5O2/c1-17-10-11-19(15-22(17)29-12-7-8-13-29)24(31)30-14-6-5-9-21(30)23-26-16-20(18(2)27-23)25(32)28(3)4/h10-11,15-16,21H,5-9,12-14H2,1-4H3/t21-/m1/s1. The summed E-state index contributed by atoms with van der Waals surface area (Å²) in [5.41, 5.74) is 4.25. The lowest BCUT2D eigenvalue weighted by molar-refractivity contribution is 0.0598. The molecule has 0 unspecified atom stereocenters. The third-order valence-corrected chi connectivity index (χ3v) is 6.60. The van der Waals surface area contributed by atoms with Gasteiger partial charge in [0.25, 0.3) is 11.8 Å². The van der Waals surface area contributed by atoms with Crippen LogP contribution in [0.15, 0.2) is 24.4 Å². The van der Waals surface area contributed by atoms with Gasteiger partial charge in [0.2, 0.25) is 0 Å². The highest BCUT2D eigenvalue weighted by Crippen LogP contribution is 2.32. The Morgan fingerprint density at radius 1 is 1.03 bits per heavy atom. The van der Waals surface area contributed by atoms with Crippen LogP contribution in [0.3, 0.4) is 0 Å². The van der Waals surface area contributed by atoms with Crippen LogP contribution in [0.2, 0.25) is 0 Å². The van der Waals surface area contributed by atoms with Crippen molar-refractivity contribution in [3.8, 4) is 0 Å². The molecular formula is C25H33N5O2. The number of likely N-dealkylation sites (tertiary alicyclic amines) is 1. The van der Waals surface area contributed by atoms with Crippen molar-refractivity contribution in [1.29, 1.82) is 0 Å². The fourth-order valence-corrected chi connectivity index (χ4v) is 4.75. The third-order valence-electron chi connectivity index (χ3n) is 6.60. The third kappa shape index (κ3) is 4.33. The number of carbonyl (C=O) groups excluding carboxylic acids is 2. The van der Waals surface area contributed by atoms with E-state index in [2.05, 4.69) is 33.9 Å². The number of nitrogens with zero attached hydrogens (tertiary/aromatic N) is 5. The predicted molar refractivity (Wildman–Crippen MR) is 125 cm³/mol. The van der Waals surface area contributed by atoms with Gasteiger partial charge >= 0.3 is 0 Å². The Hall–Kier alpha value is -2.96. The van der Waals surface area contributed by atoms with E-state index in [1.54, 1.807) is 20.3 Å². The number of rotatable bonds is 4. The van der Waals surface area contributed by atoms with Gasteiger partial charge in [-0.05, 0) is 63.6 Å². The molecule has 4 rings (SSSR count). The molecule has 1 atom stereocenters. The molecule has 0 bridgehead atoms. The van der Waals surface area contributed by atoms with Gasteiger partial charge in [0.05, 0.1) is 17.3 Å². The lowest BCUT2D eigenvalue weighted by Gasteiger charge is -2.35. The number of aromatic nitrogens is 2. The maximum atomic E-state index is 13.6. The minimum Gasteiger partial charge on any atom is -0.371 e. The van der Waals surface area contributed by atoms with Gasteiger partial charge < -0.3 is 14.7 Å². The Balaban J connectivity index is 1.61. The van der Waals surface area contributed by atoms with Gasteiger partial charge in [-0.3, -0.25) is 9.59 Å². The summed E-state index contributed by atoms with van der Waals surface area (Å²) >= 11 is 0. The zero-order chi connectivity index (χ0) is 22.8. The Morgan fingerprint density at radius 2 is 1.75 bits per heavy atom. The van der Waals surface area contributed by atoms with Crippen molar-refractivity contribution < 1.29 is 9.59 Å². The van der Waals surface area contributed by atoms with Crippen molar-refractivity contribution in [3.63, 3.8) is 0 Å². The smallest absolute Gasteiger partial charge is 0.256 e. The number of piperidine rings is 1. The van der Waals surface area contributed by atoms with E-state index in [1.807, 2.05) is 17.9 Å². The maximum Gasteiger partial charge on any atom is 0.256 e. The molecule has 0 spiro atoms. The molecular weight excluding hydrogens is 402 g/mol. The number of benzene rings is 1. The lowest BCUT2D eigenvalue weighted by Crippen LogP contribution is -2.39. The molecule has 3 heterocycles. The molecule has 2 aliphatic rings. The number of amides is 2. The zero-order valence-corrected chi connectivity index (χ0v) is 19.6. The van der Waals surface area contributed by atoms with E-state index in [9.17, 15) is 9.59 Å². The quantitative estimate of drug-likeness (QED) is 0.731. The molecule has 7 heteroatoms. The van der Waals surface area contributed by atoms with Crippen molar-refractivity contribution in [2.75, 3.05) is 38.6 Å². The van der Waals surface area contributed by atoms with Crippen LogP contribution in [-0.4, -0.2) is 65.3 Å². The summed E-state index contributed by atoms with van der Waals surface area (Å²) in [6.45, 7) is 6.74. The van der Waals surface area contributed by atoms with Gasteiger partial charge in [-0.15, -0.1) is 0 Å². The Kier molecular flexibility index (Phi) is 6.44. The van der Waals surface area contributed by atoms with E-state index < -0.39 is 0 Å². The van der Waals surface area contributed by atoms with Crippen LogP contribution in [-0.2, 0) is 0 Å². The first-order valence-electron chi connectivity index (χ1n) is 11.6. The van der Waals surface area contributed by atoms with E-state index in [1.165, 1.54) is 29.0 Å². The minimum atomic E-state index is -0.171. The molecule has 1 aromatic carbocycles. The van der Waals surface area contributed by atoms with E-state index in [4.69, 9.17) is 0 Å². The van der Waals surface area contributed by atoms with Crippen molar-refractivity contribution in [2.24, 2.45) is 0 Å². The number of hydrogen-bond acceptors (Lipinski definition) is 5. The largest absolute Gasteiger partial charge is 0.371 e. The lowest BCUT2D eigenvalue weighted by atomic mass is 9.99. The van der Waals surface area contributed by atoms with E-state index >= 15 is 0 Å². The molecule has 2 saturated heterocycles. The minimum absolute atomic E-state index is 0.0323. The maximum absolute atomic E-state index is 13.6. The number of hydrogen-bond donors (Lipinski definition) is 0. The molecule has 0 N–H and O–H groups in total. The summed E-state index contributed by atoms with van der Waals surface area (Å²) in [6.07, 6.45) is 6.85. The number of anilines is 1. The SMILES string of the molecule is Cc1ccc(C(=O)N2CCCC[C@@H]2c2ncc(C(=O)N(C)C)c(C)n2)cc1N1CCCC1. The van der Waals surface area contributed by atoms with Gasteiger partial charge in [0, 0.05) is 51.2 Å². The summed E-state index contributed by atoms with van der Waals surface area (Å²) in [7, 11) is 3.43. The van der Waals surface area contributed by atoms with Gasteiger partial charge in [-0.1, -0.05) is 6.07 Å². The first kappa shape index (κ1) is 22.2. The van der Waals surface area contributed by atoms with Crippen LogP contribution < -0.4 is 4.90 Å². The van der Waals surface area contributed by atoms with Crippen molar-refractivity contribution >= 4 is 17.5 Å². The van der Waals surface area contributed by atoms with Gasteiger partial charge in [0.1, 0.15) is 0 Å². The molecule has 2 amide bonds. The van der Waals surface area contributed by atoms with Crippen molar-refractivity contribution in [2.45, 2.75) is 52.0 Å². The van der Waals surface area contributed by atoms with Crippen LogP contribution in [0, 0.1) is 13.8 Å². The monoisotopic (exact) mass is 435 g/mol. The first-order chi connectivity index (χ1) is 15.4. The average Bonchev–Trinajstić information content (AvgIpc) is 3.33. The Labute approximate surface area is 190 Å². The van der Waals surface area contributed by atoms with Crippen LogP contribution in [0.5, 0.6) is 0 Å². The zero-order valence-electron chi connectivity index (χ0n) is 19.6. The van der Waals surface area contributed by atoms with Gasteiger partial charge in [-0.25, -0.2) is 9.97 Å². The van der Waals surface area contributed by atoms with Crippen LogP contribution in [0.4, 0.5) is 5.69 Å². The predicted octanol–water partition coefficient (Wildman–Crippen LogP) is 3.76. The molecule has 170 valence electrons. The van der Waals surface area contributed by atoms with Crippen LogP contribution >= 0.6 is 0 Å². The molecule has 2 aromatic rings. The van der Waals surface area contributed by atoms with Crippen molar-refractivity contribution in [3.05, 3.63) is 52.6 Å². The Morgan fingerprint density at radius 3 is 2.44 bits per heavy atom. The van der Waals surface area contributed by atoms with Crippen molar-refractivity contribution in [1.82, 2.24) is 19.8 Å². The fraction of sp³-hybridized carbons (Fsp3) is 0.520. The molecule has 32 heavy (non-hydrogen) atoms. The molecule has 2 aliphatic heterocycles. The second-order valence-corrected chi connectivity index (χ2v) is 9.13. The van der Waals surface area contributed by atoms with Gasteiger partial charge in [-0.2, -0.15) is 0 Å². The highest BCUT2D eigenvalue weighted by Gasteiger charge is 2.31. The number of aryl methyl sites for hydroxylation is 2.